The normalized spacial score (nSPS) is 12.3. The summed E-state index contributed by atoms with van der Waals surface area (Å²) in [6, 6.07) is 12.7. The first-order chi connectivity index (χ1) is 11.8. The van der Waals surface area contributed by atoms with E-state index in [1.807, 2.05) is 30.3 Å². The van der Waals surface area contributed by atoms with E-state index in [0.29, 0.717) is 6.07 Å². The second-order valence-corrected chi connectivity index (χ2v) is 5.35. The van der Waals surface area contributed by atoms with Gasteiger partial charge in [0.25, 0.3) is 5.91 Å². The predicted octanol–water partition coefficient (Wildman–Crippen LogP) is 3.74. The Labute approximate surface area is 142 Å². The van der Waals surface area contributed by atoms with Gasteiger partial charge in [-0.05, 0) is 30.7 Å². The Hall–Kier alpha value is -2.83. The minimum Gasteiger partial charge on any atom is -0.452 e. The van der Waals surface area contributed by atoms with E-state index >= 15 is 0 Å². The van der Waals surface area contributed by atoms with Crippen molar-refractivity contribution in [3.8, 4) is 0 Å². The van der Waals surface area contributed by atoms with Crippen LogP contribution in [0, 0.1) is 0 Å². The average Bonchev–Trinajstić information content (AvgIpc) is 2.59. The molecule has 0 saturated carbocycles. The molecule has 2 aromatic carbocycles. The van der Waals surface area contributed by atoms with Gasteiger partial charge in [0.05, 0.1) is 17.2 Å². The summed E-state index contributed by atoms with van der Waals surface area (Å²) in [5.41, 5.74) is -0.345. The van der Waals surface area contributed by atoms with Gasteiger partial charge in [0, 0.05) is 0 Å². The molecule has 0 spiro atoms. The lowest BCUT2D eigenvalue weighted by Gasteiger charge is -2.14. The fourth-order valence-corrected chi connectivity index (χ4v) is 2.15. The Balaban J connectivity index is 1.90. The number of carbonyl (C=O) groups is 2. The largest absolute Gasteiger partial charge is 0.452 e. The lowest BCUT2D eigenvalue weighted by Crippen LogP contribution is -2.31. The summed E-state index contributed by atoms with van der Waals surface area (Å²) < 4.78 is 42.7. The standard InChI is InChI=1S/C18H16F3NO3/c1-12(13-6-3-2-4-7-13)22-16(23)11-25-17(24)14-8-5-9-15(10-14)18(19,20)21/h2-10,12H,11H2,1H3,(H,22,23)/t12-/m1/s1. The number of hydrogen-bond acceptors (Lipinski definition) is 3. The van der Waals surface area contributed by atoms with Crippen LogP contribution in [-0.4, -0.2) is 18.5 Å². The Morgan fingerprint density at radius 1 is 1.08 bits per heavy atom. The highest BCUT2D eigenvalue weighted by Crippen LogP contribution is 2.29. The maximum Gasteiger partial charge on any atom is 0.416 e. The lowest BCUT2D eigenvalue weighted by atomic mass is 10.1. The Kier molecular flexibility index (Phi) is 5.80. The number of alkyl halides is 3. The molecule has 0 saturated heterocycles. The van der Waals surface area contributed by atoms with E-state index in [-0.39, 0.29) is 11.6 Å². The summed E-state index contributed by atoms with van der Waals surface area (Å²) in [5.74, 6) is -1.54. The summed E-state index contributed by atoms with van der Waals surface area (Å²) in [7, 11) is 0. The van der Waals surface area contributed by atoms with E-state index in [0.717, 1.165) is 17.7 Å². The van der Waals surface area contributed by atoms with Crippen molar-refractivity contribution in [3.05, 3.63) is 71.3 Å². The number of hydrogen-bond donors (Lipinski definition) is 1. The van der Waals surface area contributed by atoms with Gasteiger partial charge < -0.3 is 10.1 Å². The van der Waals surface area contributed by atoms with Crippen LogP contribution in [0.4, 0.5) is 13.2 Å². The van der Waals surface area contributed by atoms with Crippen LogP contribution in [0.5, 0.6) is 0 Å². The van der Waals surface area contributed by atoms with Crippen molar-refractivity contribution in [1.82, 2.24) is 5.32 Å². The highest BCUT2D eigenvalue weighted by molar-refractivity contribution is 5.91. The maximum absolute atomic E-state index is 12.6. The molecule has 1 N–H and O–H groups in total. The van der Waals surface area contributed by atoms with Crippen LogP contribution in [0.25, 0.3) is 0 Å². The predicted molar refractivity (Wildman–Crippen MR) is 84.7 cm³/mol. The van der Waals surface area contributed by atoms with Crippen molar-refractivity contribution >= 4 is 11.9 Å². The van der Waals surface area contributed by atoms with Crippen molar-refractivity contribution in [3.63, 3.8) is 0 Å². The van der Waals surface area contributed by atoms with Gasteiger partial charge in [0.2, 0.25) is 0 Å². The van der Waals surface area contributed by atoms with Gasteiger partial charge in [0.1, 0.15) is 0 Å². The Morgan fingerprint density at radius 2 is 1.76 bits per heavy atom. The molecular weight excluding hydrogens is 335 g/mol. The van der Waals surface area contributed by atoms with E-state index in [1.54, 1.807) is 6.92 Å². The molecule has 0 aromatic heterocycles. The van der Waals surface area contributed by atoms with E-state index in [4.69, 9.17) is 4.74 Å². The molecule has 2 rings (SSSR count). The fourth-order valence-electron chi connectivity index (χ4n) is 2.15. The molecule has 0 aliphatic carbocycles. The SMILES string of the molecule is C[C@@H](NC(=O)COC(=O)c1cccc(C(F)(F)F)c1)c1ccccc1. The van der Waals surface area contributed by atoms with Crippen LogP contribution in [0.1, 0.15) is 34.5 Å². The molecule has 0 aliphatic rings. The number of benzene rings is 2. The zero-order valence-electron chi connectivity index (χ0n) is 13.3. The number of rotatable bonds is 5. The van der Waals surface area contributed by atoms with Crippen LogP contribution >= 0.6 is 0 Å². The fraction of sp³-hybridized carbons (Fsp3) is 0.222. The third kappa shape index (κ3) is 5.34. The van der Waals surface area contributed by atoms with Gasteiger partial charge in [-0.2, -0.15) is 13.2 Å². The molecule has 2 aromatic rings. The molecule has 0 fully saturated rings. The number of carbonyl (C=O) groups excluding carboxylic acids is 2. The minimum atomic E-state index is -4.56. The monoisotopic (exact) mass is 351 g/mol. The quantitative estimate of drug-likeness (QED) is 0.835. The zero-order valence-corrected chi connectivity index (χ0v) is 13.3. The molecule has 4 nitrogen and oxygen atoms in total. The lowest BCUT2D eigenvalue weighted by molar-refractivity contribution is -0.137. The van der Waals surface area contributed by atoms with Gasteiger partial charge >= 0.3 is 12.1 Å². The van der Waals surface area contributed by atoms with Crippen molar-refractivity contribution in [2.24, 2.45) is 0 Å². The van der Waals surface area contributed by atoms with Crippen molar-refractivity contribution in [1.29, 1.82) is 0 Å². The second kappa shape index (κ2) is 7.83. The van der Waals surface area contributed by atoms with Crippen molar-refractivity contribution < 1.29 is 27.5 Å². The summed E-state index contributed by atoms with van der Waals surface area (Å²) in [6.45, 7) is 1.19. The molecule has 0 radical (unpaired) electrons. The maximum atomic E-state index is 12.6. The molecule has 25 heavy (non-hydrogen) atoms. The second-order valence-electron chi connectivity index (χ2n) is 5.35. The number of halogens is 3. The molecular formula is C18H16F3NO3. The molecule has 1 atom stereocenters. The number of esters is 1. The molecule has 0 unspecified atom stereocenters. The zero-order chi connectivity index (χ0) is 18.4. The highest BCUT2D eigenvalue weighted by atomic mass is 19.4. The smallest absolute Gasteiger partial charge is 0.416 e. The molecule has 132 valence electrons. The Bertz CT molecular complexity index is 745. The van der Waals surface area contributed by atoms with E-state index in [9.17, 15) is 22.8 Å². The van der Waals surface area contributed by atoms with Gasteiger partial charge in [-0.25, -0.2) is 4.79 Å². The third-order valence-electron chi connectivity index (χ3n) is 3.44. The first kappa shape index (κ1) is 18.5. The number of ether oxygens (including phenoxy) is 1. The van der Waals surface area contributed by atoms with Gasteiger partial charge in [-0.1, -0.05) is 36.4 Å². The highest BCUT2D eigenvalue weighted by Gasteiger charge is 2.31. The molecule has 7 heteroatoms. The van der Waals surface area contributed by atoms with E-state index in [1.165, 1.54) is 6.07 Å². The van der Waals surface area contributed by atoms with Crippen molar-refractivity contribution in [2.45, 2.75) is 19.1 Å². The summed E-state index contributed by atoms with van der Waals surface area (Å²) in [5, 5.41) is 2.64. The van der Waals surface area contributed by atoms with Gasteiger partial charge in [-0.15, -0.1) is 0 Å². The van der Waals surface area contributed by atoms with Gasteiger partial charge in [-0.3, -0.25) is 4.79 Å². The first-order valence-corrected chi connectivity index (χ1v) is 7.46. The summed E-state index contributed by atoms with van der Waals surface area (Å²) in [6.07, 6.45) is -4.56. The molecule has 0 bridgehead atoms. The van der Waals surface area contributed by atoms with E-state index in [2.05, 4.69) is 5.32 Å². The van der Waals surface area contributed by atoms with Crippen molar-refractivity contribution in [2.75, 3.05) is 6.61 Å². The average molecular weight is 351 g/mol. The van der Waals surface area contributed by atoms with Crippen LogP contribution < -0.4 is 5.32 Å². The number of nitrogens with one attached hydrogen (secondary N) is 1. The molecule has 0 heterocycles. The summed E-state index contributed by atoms with van der Waals surface area (Å²) in [4.78, 5) is 23.6. The van der Waals surface area contributed by atoms with Crippen LogP contribution in [0.2, 0.25) is 0 Å². The third-order valence-corrected chi connectivity index (χ3v) is 3.44. The van der Waals surface area contributed by atoms with Crippen LogP contribution in [0.15, 0.2) is 54.6 Å². The number of amides is 1. The van der Waals surface area contributed by atoms with Crippen LogP contribution in [0.3, 0.4) is 0 Å². The molecule has 1 amide bonds. The summed E-state index contributed by atoms with van der Waals surface area (Å²) >= 11 is 0. The van der Waals surface area contributed by atoms with Crippen LogP contribution in [-0.2, 0) is 15.7 Å². The Morgan fingerprint density at radius 3 is 2.40 bits per heavy atom. The van der Waals surface area contributed by atoms with Gasteiger partial charge in [0.15, 0.2) is 6.61 Å². The molecule has 0 aliphatic heterocycles. The van der Waals surface area contributed by atoms with E-state index < -0.39 is 30.2 Å². The first-order valence-electron chi connectivity index (χ1n) is 7.46. The minimum absolute atomic E-state index is 0.265. The topological polar surface area (TPSA) is 55.4 Å².